The summed E-state index contributed by atoms with van der Waals surface area (Å²) in [5.74, 6) is 2.19. The number of ether oxygens (including phenoxy) is 2. The maximum atomic E-state index is 13.1. The molecule has 7 heteroatoms. The molecular weight excluding hydrogens is 410 g/mol. The van der Waals surface area contributed by atoms with Crippen molar-refractivity contribution in [2.45, 2.75) is 24.3 Å². The zero-order chi connectivity index (χ0) is 21.0. The molecule has 3 aliphatic heterocycles. The Balaban J connectivity index is 1.07. The molecule has 0 radical (unpaired) electrons. The third-order valence-electron chi connectivity index (χ3n) is 6.31. The van der Waals surface area contributed by atoms with E-state index < -0.39 is 0 Å². The van der Waals surface area contributed by atoms with E-state index in [1.807, 2.05) is 24.1 Å². The van der Waals surface area contributed by atoms with Crippen LogP contribution in [0.5, 0.6) is 11.5 Å². The molecule has 0 atom stereocenters. The minimum absolute atomic E-state index is 0.174. The second-order valence-electron chi connectivity index (χ2n) is 8.40. The van der Waals surface area contributed by atoms with Gasteiger partial charge in [-0.15, -0.1) is 0 Å². The third-order valence-corrected chi connectivity index (χ3v) is 7.41. The van der Waals surface area contributed by atoms with Crippen molar-refractivity contribution < 1.29 is 14.3 Å². The van der Waals surface area contributed by atoms with E-state index in [1.165, 1.54) is 10.5 Å². The Morgan fingerprint density at radius 2 is 1.65 bits per heavy atom. The second-order valence-corrected chi connectivity index (χ2v) is 9.57. The van der Waals surface area contributed by atoms with Crippen LogP contribution in [0.15, 0.2) is 53.4 Å². The molecule has 0 unspecified atom stereocenters. The van der Waals surface area contributed by atoms with Gasteiger partial charge in [0.2, 0.25) is 12.7 Å². The highest BCUT2D eigenvalue weighted by Crippen LogP contribution is 2.33. The highest BCUT2D eigenvalue weighted by atomic mass is 32.2. The predicted octanol–water partition coefficient (Wildman–Crippen LogP) is 3.48. The summed E-state index contributed by atoms with van der Waals surface area (Å²) >= 11 is 1.81. The molecule has 2 aromatic rings. The summed E-state index contributed by atoms with van der Waals surface area (Å²) in [7, 11) is 0. The summed E-state index contributed by atoms with van der Waals surface area (Å²) in [6.45, 7) is 6.62. The quantitative estimate of drug-likeness (QED) is 0.665. The molecule has 5 rings (SSSR count). The molecule has 3 aliphatic rings. The minimum Gasteiger partial charge on any atom is -0.454 e. The number of hydrogen-bond acceptors (Lipinski definition) is 6. The van der Waals surface area contributed by atoms with E-state index in [2.05, 4.69) is 50.5 Å². The van der Waals surface area contributed by atoms with Gasteiger partial charge in [-0.3, -0.25) is 9.69 Å². The fourth-order valence-electron chi connectivity index (χ4n) is 4.51. The van der Waals surface area contributed by atoms with Gasteiger partial charge in [0.1, 0.15) is 0 Å². The van der Waals surface area contributed by atoms with Gasteiger partial charge in [0.15, 0.2) is 11.5 Å². The fraction of sp³-hybridized carbons (Fsp3) is 0.458. The molecule has 2 aromatic carbocycles. The topological polar surface area (TPSA) is 45.3 Å². The SMILES string of the molecule is O=C(C1CCN(Sc2ccccc2)CC1)N1CCN(Cc2ccc3c(c2)OCO3)CC1. The molecule has 2 fully saturated rings. The Morgan fingerprint density at radius 1 is 0.903 bits per heavy atom. The van der Waals surface area contributed by atoms with Crippen LogP contribution in [0.2, 0.25) is 0 Å². The molecule has 1 amide bonds. The van der Waals surface area contributed by atoms with Crippen LogP contribution in [0.3, 0.4) is 0 Å². The Hall–Kier alpha value is -2.22. The summed E-state index contributed by atoms with van der Waals surface area (Å²) in [5, 5.41) is 0. The molecule has 0 bridgehead atoms. The maximum absolute atomic E-state index is 13.1. The van der Waals surface area contributed by atoms with E-state index in [4.69, 9.17) is 9.47 Å². The van der Waals surface area contributed by atoms with E-state index in [0.717, 1.165) is 70.2 Å². The lowest BCUT2D eigenvalue weighted by Crippen LogP contribution is -2.51. The number of piperidine rings is 1. The normalized spacial score (nSPS) is 20.2. The summed E-state index contributed by atoms with van der Waals surface area (Å²) < 4.78 is 13.3. The van der Waals surface area contributed by atoms with Gasteiger partial charge in [0, 0.05) is 56.6 Å². The van der Waals surface area contributed by atoms with Crippen molar-refractivity contribution in [1.29, 1.82) is 0 Å². The monoisotopic (exact) mass is 439 g/mol. The van der Waals surface area contributed by atoms with Gasteiger partial charge in [-0.25, -0.2) is 4.31 Å². The first-order chi connectivity index (χ1) is 15.2. The average molecular weight is 440 g/mol. The Bertz CT molecular complexity index is 894. The highest BCUT2D eigenvalue weighted by molar-refractivity contribution is 7.97. The molecular formula is C24H29N3O3S. The number of fused-ring (bicyclic) bond motifs is 1. The van der Waals surface area contributed by atoms with Gasteiger partial charge in [0.05, 0.1) is 0 Å². The van der Waals surface area contributed by atoms with Crippen LogP contribution in [0, 0.1) is 5.92 Å². The predicted molar refractivity (Wildman–Crippen MR) is 121 cm³/mol. The summed E-state index contributed by atoms with van der Waals surface area (Å²) in [6, 6.07) is 16.6. The van der Waals surface area contributed by atoms with Crippen molar-refractivity contribution >= 4 is 17.9 Å². The number of rotatable bonds is 5. The van der Waals surface area contributed by atoms with E-state index in [9.17, 15) is 4.79 Å². The van der Waals surface area contributed by atoms with Gasteiger partial charge in [-0.05, 0) is 54.6 Å². The van der Waals surface area contributed by atoms with Crippen LogP contribution in [-0.2, 0) is 11.3 Å². The van der Waals surface area contributed by atoms with Crippen LogP contribution in [0.4, 0.5) is 0 Å². The molecule has 0 N–H and O–H groups in total. The van der Waals surface area contributed by atoms with Crippen LogP contribution < -0.4 is 9.47 Å². The zero-order valence-electron chi connectivity index (χ0n) is 17.7. The zero-order valence-corrected chi connectivity index (χ0v) is 18.6. The summed E-state index contributed by atoms with van der Waals surface area (Å²) in [4.78, 5) is 18.8. The smallest absolute Gasteiger partial charge is 0.231 e. The van der Waals surface area contributed by atoms with Crippen molar-refractivity contribution in [3.63, 3.8) is 0 Å². The van der Waals surface area contributed by atoms with Gasteiger partial charge < -0.3 is 14.4 Å². The van der Waals surface area contributed by atoms with Crippen LogP contribution >= 0.6 is 11.9 Å². The highest BCUT2D eigenvalue weighted by Gasteiger charge is 2.30. The lowest BCUT2D eigenvalue weighted by molar-refractivity contribution is -0.138. The molecule has 31 heavy (non-hydrogen) atoms. The lowest BCUT2D eigenvalue weighted by Gasteiger charge is -2.38. The third kappa shape index (κ3) is 5.00. The van der Waals surface area contributed by atoms with Crippen LogP contribution in [0.1, 0.15) is 18.4 Å². The Morgan fingerprint density at radius 3 is 2.42 bits per heavy atom. The number of carbonyl (C=O) groups excluding carboxylic acids is 1. The number of piperazine rings is 1. The van der Waals surface area contributed by atoms with Crippen molar-refractivity contribution in [3.8, 4) is 11.5 Å². The molecule has 6 nitrogen and oxygen atoms in total. The number of carbonyl (C=O) groups is 1. The number of amides is 1. The standard InChI is InChI=1S/C24H29N3O3S/c28-24(20-8-10-27(11-9-20)31-21-4-2-1-3-5-21)26-14-12-25(13-15-26)17-19-6-7-22-23(16-19)30-18-29-22/h1-7,16,20H,8-15,17-18H2. The van der Waals surface area contributed by atoms with Crippen LogP contribution in [0.25, 0.3) is 0 Å². The number of nitrogens with zero attached hydrogens (tertiary/aromatic N) is 3. The molecule has 3 heterocycles. The first-order valence-electron chi connectivity index (χ1n) is 11.1. The van der Waals surface area contributed by atoms with Crippen molar-refractivity contribution in [2.24, 2.45) is 5.92 Å². The van der Waals surface area contributed by atoms with Gasteiger partial charge in [-0.2, -0.15) is 0 Å². The first kappa shape index (κ1) is 20.7. The van der Waals surface area contributed by atoms with E-state index in [-0.39, 0.29) is 5.92 Å². The molecule has 0 saturated carbocycles. The van der Waals surface area contributed by atoms with E-state index in [0.29, 0.717) is 12.7 Å². The summed E-state index contributed by atoms with van der Waals surface area (Å²) in [6.07, 6.45) is 1.91. The van der Waals surface area contributed by atoms with Crippen LogP contribution in [-0.4, -0.2) is 66.1 Å². The first-order valence-corrected chi connectivity index (χ1v) is 11.9. The Kier molecular flexibility index (Phi) is 6.34. The molecule has 0 aliphatic carbocycles. The molecule has 0 spiro atoms. The number of hydrogen-bond donors (Lipinski definition) is 0. The van der Waals surface area contributed by atoms with Gasteiger partial charge in [-0.1, -0.05) is 24.3 Å². The van der Waals surface area contributed by atoms with Crippen molar-refractivity contribution in [2.75, 3.05) is 46.1 Å². The van der Waals surface area contributed by atoms with E-state index in [1.54, 1.807) is 0 Å². The second kappa shape index (κ2) is 9.51. The van der Waals surface area contributed by atoms with Crippen molar-refractivity contribution in [3.05, 3.63) is 54.1 Å². The number of benzene rings is 2. The summed E-state index contributed by atoms with van der Waals surface area (Å²) in [5.41, 5.74) is 1.23. The fourth-order valence-corrected chi connectivity index (χ4v) is 5.48. The van der Waals surface area contributed by atoms with Crippen molar-refractivity contribution in [1.82, 2.24) is 14.1 Å². The van der Waals surface area contributed by atoms with Gasteiger partial charge in [0.25, 0.3) is 0 Å². The largest absolute Gasteiger partial charge is 0.454 e. The molecule has 2 saturated heterocycles. The lowest BCUT2D eigenvalue weighted by atomic mass is 9.96. The van der Waals surface area contributed by atoms with Gasteiger partial charge >= 0.3 is 0 Å². The molecule has 164 valence electrons. The molecule has 0 aromatic heterocycles. The minimum atomic E-state index is 0.174. The average Bonchev–Trinajstić information content (AvgIpc) is 3.28. The maximum Gasteiger partial charge on any atom is 0.231 e. The van der Waals surface area contributed by atoms with E-state index >= 15 is 0 Å². The Labute approximate surface area is 188 Å².